The molecule has 16 N–H and O–H groups in total. The second kappa shape index (κ2) is 40.0. The second-order valence-electron chi connectivity index (χ2n) is 18.6. The number of aliphatic hydroxyl groups excluding tert-OH is 4. The number of nitrogens with two attached hydrogens (primary N) is 4. The van der Waals surface area contributed by atoms with E-state index in [0.29, 0.717) is 39.3 Å². The Labute approximate surface area is 485 Å². The molecule has 0 saturated heterocycles. The molecule has 34 heteroatoms. The Morgan fingerprint density at radius 1 is 0.607 bits per heavy atom. The van der Waals surface area contributed by atoms with Crippen molar-refractivity contribution in [3.8, 4) is 12.3 Å². The molecule has 476 valence electrons. The number of carbonyl (C=O) groups is 7. The molecule has 0 aliphatic carbocycles. The van der Waals surface area contributed by atoms with E-state index in [1.807, 2.05) is 0 Å². The van der Waals surface area contributed by atoms with Crippen LogP contribution in [0.3, 0.4) is 0 Å². The molecule has 5 amide bonds. The Balaban J connectivity index is 2.04. The fourth-order valence-electron chi connectivity index (χ4n) is 7.95. The first-order valence-corrected chi connectivity index (χ1v) is 26.5. The van der Waals surface area contributed by atoms with Crippen LogP contribution >= 0.6 is 0 Å². The molecular formula is C50H83N11O23. The average molecular weight is 1210 g/mol. The van der Waals surface area contributed by atoms with Crippen molar-refractivity contribution < 1.29 is 112 Å². The molecule has 10 atom stereocenters. The lowest BCUT2D eigenvalue weighted by atomic mass is 9.92. The van der Waals surface area contributed by atoms with Crippen LogP contribution in [0.4, 0.5) is 9.59 Å². The predicted molar refractivity (Wildman–Crippen MR) is 292 cm³/mol. The number of amides is 5. The highest BCUT2D eigenvalue weighted by atomic mass is 16.6. The van der Waals surface area contributed by atoms with Gasteiger partial charge in [0.15, 0.2) is 36.3 Å². The minimum absolute atomic E-state index is 0.00561. The van der Waals surface area contributed by atoms with Gasteiger partial charge in [-0.25, -0.2) is 29.2 Å². The topological polar surface area (TPSA) is 496 Å². The number of aliphatic hydroxyl groups is 4. The van der Waals surface area contributed by atoms with Gasteiger partial charge in [-0.1, -0.05) is 5.92 Å². The zero-order valence-corrected chi connectivity index (χ0v) is 47.5. The van der Waals surface area contributed by atoms with Gasteiger partial charge in [-0.05, 0) is 25.0 Å². The number of nitrogens with one attached hydrogen (secondary N) is 2. The Kier molecular flexibility index (Phi) is 34.7. The fraction of sp³-hybridized carbons (Fsp3) is 0.700. The molecular weight excluding hydrogens is 1120 g/mol. The van der Waals surface area contributed by atoms with E-state index in [9.17, 15) is 64.2 Å². The van der Waals surface area contributed by atoms with E-state index in [4.69, 9.17) is 76.7 Å². The maximum atomic E-state index is 13.5. The van der Waals surface area contributed by atoms with Crippen molar-refractivity contribution in [1.82, 2.24) is 25.3 Å². The van der Waals surface area contributed by atoms with Gasteiger partial charge >= 0.3 is 24.1 Å². The Hall–Kier alpha value is -7.33. The van der Waals surface area contributed by atoms with E-state index in [0.717, 1.165) is 35.8 Å². The lowest BCUT2D eigenvalue weighted by Crippen LogP contribution is -2.61. The number of likely N-dealkylation sites (N-methyl/N-ethyl adjacent to an activating group) is 1. The fourth-order valence-corrected chi connectivity index (χ4v) is 7.95. The second-order valence-corrected chi connectivity index (χ2v) is 18.6. The first kappa shape index (κ1) is 72.8. The highest BCUT2D eigenvalue weighted by molar-refractivity contribution is 5.86. The van der Waals surface area contributed by atoms with Gasteiger partial charge in [0.2, 0.25) is 29.2 Å². The van der Waals surface area contributed by atoms with Gasteiger partial charge in [-0.3, -0.25) is 14.4 Å². The van der Waals surface area contributed by atoms with E-state index in [1.54, 1.807) is 4.90 Å². The lowest BCUT2D eigenvalue weighted by molar-refractivity contribution is -0.147. The van der Waals surface area contributed by atoms with Crippen LogP contribution < -0.4 is 33.6 Å². The summed E-state index contributed by atoms with van der Waals surface area (Å²) >= 11 is 0. The van der Waals surface area contributed by atoms with Crippen LogP contribution in [0.5, 0.6) is 0 Å². The number of aliphatic imine (C=N–C) groups is 2. The van der Waals surface area contributed by atoms with Crippen molar-refractivity contribution in [2.75, 3.05) is 133 Å². The van der Waals surface area contributed by atoms with Gasteiger partial charge < -0.3 is 126 Å². The molecule has 0 unspecified atom stereocenters. The van der Waals surface area contributed by atoms with Crippen LogP contribution in [-0.2, 0) is 71.3 Å². The number of rotatable bonds is 41. The SMILES string of the molecule is C#CCOCCOCCOCCOCCC(=O)N(CCCCN(C)C(=O)O[C@@H]([C@@H]1OC(C(=O)O)=C[C@H](N=C(N)N)[C@H]1NC(C)=O)[C@H](O)CO)CCOCCOCCN(C)C(=O)O[C@@H]([C@@H]1OC(C(=O)O)=C[C@H](N=C(N)N)[C@H]1NC(C)=O)[C@H](O)CO. The third-order valence-corrected chi connectivity index (χ3v) is 12.0. The molecule has 0 saturated carbocycles. The number of carbonyl (C=O) groups excluding carboxylic acids is 5. The third kappa shape index (κ3) is 27.4. The summed E-state index contributed by atoms with van der Waals surface area (Å²) in [5.41, 5.74) is 22.2. The summed E-state index contributed by atoms with van der Waals surface area (Å²) in [7, 11) is 2.71. The summed E-state index contributed by atoms with van der Waals surface area (Å²) in [5.74, 6) is -4.65. The molecule has 0 aromatic heterocycles. The first-order valence-electron chi connectivity index (χ1n) is 26.5. The summed E-state index contributed by atoms with van der Waals surface area (Å²) in [6.07, 6.45) is -4.70. The van der Waals surface area contributed by atoms with E-state index in [2.05, 4.69) is 26.5 Å². The molecule has 2 heterocycles. The van der Waals surface area contributed by atoms with Crippen LogP contribution in [0.15, 0.2) is 33.7 Å². The largest absolute Gasteiger partial charge is 0.477 e. The van der Waals surface area contributed by atoms with Gasteiger partial charge in [0.05, 0.1) is 116 Å². The monoisotopic (exact) mass is 1210 g/mol. The normalized spacial score (nSPS) is 19.6. The van der Waals surface area contributed by atoms with Crippen LogP contribution in [0.1, 0.15) is 33.1 Å². The summed E-state index contributed by atoms with van der Waals surface area (Å²) in [6, 6.07) is -5.08. The zero-order valence-electron chi connectivity index (χ0n) is 47.5. The standard InChI is InChI=1S/C50H83N11O23/c1-6-14-75-18-22-79-24-25-80-23-19-76-15-9-38(68)61(11-8-7-10-59(4)49(73)83-41(34(66)28-62)43-39(55-30(2)64)32(57-47(51)52)26-36(81-43)45(69)70)13-17-78-21-20-77-16-12-60(5)50(74)84-42(35(67)29-63)44-40(56-31(3)65)33(58-48(53)54)27-37(82-44)46(71)72/h1,26-27,32-35,39-44,62-63,66-67H,7-25,28-29H2,2-5H3,(H,55,64)(H,56,65)(H,69,70)(H,71,72)(H4,51,52,57)(H4,53,54,58)/t32-,33-,34+,35+,39+,40+,41+,42+,43+,44+/m0/s1. The van der Waals surface area contributed by atoms with E-state index in [1.165, 1.54) is 14.1 Å². The Morgan fingerprint density at radius 3 is 1.38 bits per heavy atom. The minimum Gasteiger partial charge on any atom is -0.477 e. The molecule has 0 aromatic rings. The number of unbranched alkanes of at least 4 members (excludes halogenated alkanes) is 1. The van der Waals surface area contributed by atoms with Crippen molar-refractivity contribution in [3.05, 3.63) is 23.7 Å². The molecule has 0 aromatic carbocycles. The van der Waals surface area contributed by atoms with Gasteiger partial charge in [0.25, 0.3) is 0 Å². The van der Waals surface area contributed by atoms with Crippen LogP contribution in [0.25, 0.3) is 0 Å². The Morgan fingerprint density at radius 2 is 0.988 bits per heavy atom. The van der Waals surface area contributed by atoms with Crippen LogP contribution in [0.2, 0.25) is 0 Å². The molecule has 34 nitrogen and oxygen atoms in total. The molecule has 0 bridgehead atoms. The van der Waals surface area contributed by atoms with E-state index < -0.39 is 133 Å². The maximum Gasteiger partial charge on any atom is 0.410 e. The molecule has 0 fully saturated rings. The third-order valence-electron chi connectivity index (χ3n) is 12.0. The average Bonchev–Trinajstić information content (AvgIpc) is 1.73. The number of hydrogen-bond acceptors (Lipinski definition) is 23. The lowest BCUT2D eigenvalue weighted by Gasteiger charge is -2.40. The number of nitrogens with zero attached hydrogens (tertiary/aromatic N) is 5. The molecule has 0 radical (unpaired) electrons. The number of guanidine groups is 2. The number of carboxylic acids is 2. The number of ether oxygens (including phenoxy) is 10. The summed E-state index contributed by atoms with van der Waals surface area (Å²) in [4.78, 5) is 100. The first-order chi connectivity index (χ1) is 39.9. The molecule has 2 aliphatic rings. The number of aliphatic carboxylic acids is 2. The highest BCUT2D eigenvalue weighted by Crippen LogP contribution is 2.29. The molecule has 2 aliphatic heterocycles. The van der Waals surface area contributed by atoms with Crippen LogP contribution in [0, 0.1) is 12.3 Å². The summed E-state index contributed by atoms with van der Waals surface area (Å²) in [5, 5.41) is 65.9. The molecule has 2 rings (SSSR count). The molecule has 0 spiro atoms. The number of hydrogen-bond donors (Lipinski definition) is 12. The molecule has 84 heavy (non-hydrogen) atoms. The van der Waals surface area contributed by atoms with Gasteiger partial charge in [0.1, 0.15) is 18.8 Å². The van der Waals surface area contributed by atoms with E-state index in [-0.39, 0.29) is 91.4 Å². The van der Waals surface area contributed by atoms with Crippen molar-refractivity contribution >= 4 is 53.8 Å². The highest BCUT2D eigenvalue weighted by Gasteiger charge is 2.48. The van der Waals surface area contributed by atoms with Gasteiger partial charge in [0, 0.05) is 54.1 Å². The van der Waals surface area contributed by atoms with Gasteiger partial charge in [-0.2, -0.15) is 0 Å². The number of carboxylic acid groups (broad SMARTS) is 2. The van der Waals surface area contributed by atoms with Crippen LogP contribution in [-0.4, -0.2) is 293 Å². The van der Waals surface area contributed by atoms with Crippen molar-refractivity contribution in [3.63, 3.8) is 0 Å². The predicted octanol–water partition coefficient (Wildman–Crippen LogP) is -5.67. The number of terminal acetylenes is 1. The zero-order chi connectivity index (χ0) is 62.7. The van der Waals surface area contributed by atoms with Crippen molar-refractivity contribution in [2.24, 2.45) is 32.9 Å². The Bertz CT molecular complexity index is 2250. The van der Waals surface area contributed by atoms with Gasteiger partial charge in [-0.15, -0.1) is 6.42 Å². The van der Waals surface area contributed by atoms with Crippen molar-refractivity contribution in [1.29, 1.82) is 0 Å². The summed E-state index contributed by atoms with van der Waals surface area (Å²) < 4.78 is 55.3. The maximum absolute atomic E-state index is 13.5. The quantitative estimate of drug-likeness (QED) is 0.0117. The smallest absolute Gasteiger partial charge is 0.410 e. The summed E-state index contributed by atoms with van der Waals surface area (Å²) in [6.45, 7) is 2.74. The van der Waals surface area contributed by atoms with Crippen molar-refractivity contribution in [2.45, 2.75) is 93.9 Å². The minimum atomic E-state index is -1.84. The van der Waals surface area contributed by atoms with E-state index >= 15 is 0 Å².